The molecule has 1 aliphatic heterocycles. The Morgan fingerprint density at radius 3 is 2.51 bits per heavy atom. The van der Waals surface area contributed by atoms with Crippen LogP contribution in [-0.4, -0.2) is 60.6 Å². The van der Waals surface area contributed by atoms with Gasteiger partial charge in [-0.3, -0.25) is 9.69 Å². The number of carbonyl (C=O) groups excluding carboxylic acids is 1. The van der Waals surface area contributed by atoms with Gasteiger partial charge in [-0.05, 0) is 60.4 Å². The summed E-state index contributed by atoms with van der Waals surface area (Å²) in [5.74, 6) is 1.16. The zero-order chi connectivity index (χ0) is 28.4. The van der Waals surface area contributed by atoms with Gasteiger partial charge >= 0.3 is 0 Å². The minimum atomic E-state index is -0.0320. The van der Waals surface area contributed by atoms with Crippen molar-refractivity contribution in [3.63, 3.8) is 0 Å². The van der Waals surface area contributed by atoms with Gasteiger partial charge in [0.05, 0.1) is 19.3 Å². The smallest absolute Gasteiger partial charge is 0.257 e. The van der Waals surface area contributed by atoms with Gasteiger partial charge in [-0.1, -0.05) is 48.5 Å². The van der Waals surface area contributed by atoms with E-state index in [1.165, 1.54) is 5.56 Å². The molecule has 5 rings (SSSR count). The van der Waals surface area contributed by atoms with E-state index in [0.29, 0.717) is 36.9 Å². The van der Waals surface area contributed by atoms with E-state index in [2.05, 4.69) is 57.7 Å². The largest absolute Gasteiger partial charge is 0.493 e. The van der Waals surface area contributed by atoms with Crippen LogP contribution < -0.4 is 14.8 Å². The van der Waals surface area contributed by atoms with Crippen molar-refractivity contribution in [1.82, 2.24) is 14.8 Å². The average Bonchev–Trinajstić information content (AvgIpc) is 3.05. The summed E-state index contributed by atoms with van der Waals surface area (Å²) in [6.45, 7) is 6.91. The average molecular weight is 551 g/mol. The Hall–Kier alpha value is -4.36. The summed E-state index contributed by atoms with van der Waals surface area (Å²) in [7, 11) is 1.61. The van der Waals surface area contributed by atoms with Crippen molar-refractivity contribution in [3.05, 3.63) is 108 Å². The maximum atomic E-state index is 14.1. The molecule has 0 bridgehead atoms. The molecule has 0 aliphatic carbocycles. The molecule has 1 amide bonds. The second-order valence-electron chi connectivity index (χ2n) is 10.2. The number of benzene rings is 3. The molecule has 1 N–H and O–H groups in total. The number of methoxy groups -OCH3 is 1. The first-order valence-electron chi connectivity index (χ1n) is 14.3. The summed E-state index contributed by atoms with van der Waals surface area (Å²) in [6.07, 6.45) is 2.82. The molecule has 4 aromatic rings. The highest BCUT2D eigenvalue weighted by Crippen LogP contribution is 2.29. The minimum Gasteiger partial charge on any atom is -0.493 e. The summed E-state index contributed by atoms with van der Waals surface area (Å²) >= 11 is 0. The van der Waals surface area contributed by atoms with Crippen LogP contribution in [0, 0.1) is 0 Å². The van der Waals surface area contributed by atoms with E-state index >= 15 is 0 Å². The highest BCUT2D eigenvalue weighted by Gasteiger charge is 2.23. The lowest BCUT2D eigenvalue weighted by Crippen LogP contribution is -2.38. The quantitative estimate of drug-likeness (QED) is 0.299. The van der Waals surface area contributed by atoms with Crippen LogP contribution in [0.1, 0.15) is 34.8 Å². The van der Waals surface area contributed by atoms with Crippen LogP contribution in [0.25, 0.3) is 11.1 Å². The van der Waals surface area contributed by atoms with Crippen molar-refractivity contribution in [2.45, 2.75) is 26.4 Å². The number of nitrogens with zero attached hydrogens (tertiary/aromatic N) is 3. The highest BCUT2D eigenvalue weighted by molar-refractivity contribution is 5.97. The Morgan fingerprint density at radius 2 is 1.73 bits per heavy atom. The van der Waals surface area contributed by atoms with Crippen LogP contribution in [0.3, 0.4) is 0 Å². The zero-order valence-corrected chi connectivity index (χ0v) is 23.9. The van der Waals surface area contributed by atoms with Crippen LogP contribution in [0.15, 0.2) is 91.1 Å². The van der Waals surface area contributed by atoms with E-state index in [0.717, 1.165) is 55.0 Å². The molecule has 1 aliphatic rings. The number of ether oxygens (including phenoxy) is 2. The molecule has 2 heterocycles. The molecule has 0 radical (unpaired) electrons. The number of hydrogen-bond donors (Lipinski definition) is 1. The molecule has 0 fully saturated rings. The van der Waals surface area contributed by atoms with Gasteiger partial charge in [0.25, 0.3) is 5.91 Å². The standard InChI is InChI=1S/C34H38N4O3/c1-3-41-32-13-8-7-12-30(32)34(39)38-21-20-37(24-26-10-5-4-6-11-26)19-9-18-35-31-16-14-27(22-29(31)25-38)28-15-17-33(40-2)36-23-28/h4-8,10-17,22-23,35H,3,9,18-21,24-25H2,1-2H3. The molecular formula is C34H38N4O3. The van der Waals surface area contributed by atoms with Crippen LogP contribution in [-0.2, 0) is 13.1 Å². The molecule has 0 saturated carbocycles. The molecule has 3 aromatic carbocycles. The molecular weight excluding hydrogens is 512 g/mol. The Kier molecular flexibility index (Phi) is 9.49. The van der Waals surface area contributed by atoms with Crippen molar-refractivity contribution in [2.75, 3.05) is 45.2 Å². The van der Waals surface area contributed by atoms with Gasteiger partial charge in [-0.25, -0.2) is 4.98 Å². The summed E-state index contributed by atoms with van der Waals surface area (Å²) < 4.78 is 11.1. The number of hydrogen-bond acceptors (Lipinski definition) is 6. The summed E-state index contributed by atoms with van der Waals surface area (Å²) in [5, 5.41) is 3.65. The van der Waals surface area contributed by atoms with Gasteiger partial charge in [0.15, 0.2) is 0 Å². The molecule has 0 saturated heterocycles. The zero-order valence-electron chi connectivity index (χ0n) is 23.9. The third kappa shape index (κ3) is 7.24. The molecule has 0 unspecified atom stereocenters. The van der Waals surface area contributed by atoms with Crippen LogP contribution in [0.2, 0.25) is 0 Å². The Morgan fingerprint density at radius 1 is 0.927 bits per heavy atom. The van der Waals surface area contributed by atoms with Gasteiger partial charge in [0.2, 0.25) is 5.88 Å². The molecule has 0 spiro atoms. The lowest BCUT2D eigenvalue weighted by atomic mass is 10.0. The van der Waals surface area contributed by atoms with Crippen molar-refractivity contribution in [3.8, 4) is 22.8 Å². The highest BCUT2D eigenvalue weighted by atomic mass is 16.5. The minimum absolute atomic E-state index is 0.0320. The maximum absolute atomic E-state index is 14.1. The molecule has 1 aromatic heterocycles. The van der Waals surface area contributed by atoms with Crippen molar-refractivity contribution in [2.24, 2.45) is 0 Å². The lowest BCUT2D eigenvalue weighted by Gasteiger charge is -2.28. The van der Waals surface area contributed by atoms with E-state index < -0.39 is 0 Å². The van der Waals surface area contributed by atoms with Gasteiger partial charge in [0, 0.05) is 62.8 Å². The van der Waals surface area contributed by atoms with Crippen molar-refractivity contribution >= 4 is 11.6 Å². The van der Waals surface area contributed by atoms with E-state index in [4.69, 9.17) is 9.47 Å². The lowest BCUT2D eigenvalue weighted by molar-refractivity contribution is 0.0716. The third-order valence-corrected chi connectivity index (χ3v) is 7.35. The first-order chi connectivity index (χ1) is 20.1. The molecule has 41 heavy (non-hydrogen) atoms. The monoisotopic (exact) mass is 550 g/mol. The van der Waals surface area contributed by atoms with E-state index in [1.54, 1.807) is 7.11 Å². The summed E-state index contributed by atoms with van der Waals surface area (Å²) in [6, 6.07) is 28.3. The Bertz CT molecular complexity index is 1430. The van der Waals surface area contributed by atoms with E-state index in [9.17, 15) is 4.79 Å². The number of fused-ring (bicyclic) bond motifs is 1. The number of anilines is 1. The predicted molar refractivity (Wildman–Crippen MR) is 163 cm³/mol. The van der Waals surface area contributed by atoms with Crippen LogP contribution in [0.4, 0.5) is 5.69 Å². The Labute approximate surface area is 242 Å². The second kappa shape index (κ2) is 13.8. The Balaban J connectivity index is 1.47. The van der Waals surface area contributed by atoms with Gasteiger partial charge in [0.1, 0.15) is 5.75 Å². The number of nitrogens with one attached hydrogen (secondary N) is 1. The van der Waals surface area contributed by atoms with E-state index in [-0.39, 0.29) is 5.91 Å². The summed E-state index contributed by atoms with van der Waals surface area (Å²) in [5.41, 5.74) is 6.01. The van der Waals surface area contributed by atoms with Crippen LogP contribution in [0.5, 0.6) is 11.6 Å². The maximum Gasteiger partial charge on any atom is 0.257 e. The normalized spacial score (nSPS) is 14.3. The molecule has 7 heteroatoms. The third-order valence-electron chi connectivity index (χ3n) is 7.35. The first-order valence-corrected chi connectivity index (χ1v) is 14.3. The number of aromatic nitrogens is 1. The number of amides is 1. The van der Waals surface area contributed by atoms with E-state index in [1.807, 2.05) is 60.5 Å². The number of rotatable bonds is 7. The van der Waals surface area contributed by atoms with Gasteiger partial charge in [-0.2, -0.15) is 0 Å². The number of pyridine rings is 1. The van der Waals surface area contributed by atoms with Crippen molar-refractivity contribution < 1.29 is 14.3 Å². The topological polar surface area (TPSA) is 66.9 Å². The molecule has 212 valence electrons. The van der Waals surface area contributed by atoms with Gasteiger partial charge in [-0.15, -0.1) is 0 Å². The van der Waals surface area contributed by atoms with Crippen molar-refractivity contribution in [1.29, 1.82) is 0 Å². The van der Waals surface area contributed by atoms with Gasteiger partial charge < -0.3 is 19.7 Å². The second-order valence-corrected chi connectivity index (χ2v) is 10.2. The van der Waals surface area contributed by atoms with Crippen LogP contribution >= 0.6 is 0 Å². The first kappa shape index (κ1) is 28.2. The molecule has 7 nitrogen and oxygen atoms in total. The molecule has 0 atom stereocenters. The number of para-hydroxylation sites is 1. The fraction of sp³-hybridized carbons (Fsp3) is 0.294. The summed E-state index contributed by atoms with van der Waals surface area (Å²) in [4.78, 5) is 22.9. The SMILES string of the molecule is CCOc1ccccc1C(=O)N1CCN(Cc2ccccc2)CCCNc2ccc(-c3ccc(OC)nc3)cc2C1. The number of carbonyl (C=O) groups is 1. The fourth-order valence-corrected chi connectivity index (χ4v) is 5.20. The predicted octanol–water partition coefficient (Wildman–Crippen LogP) is 6.12. The fourth-order valence-electron chi connectivity index (χ4n) is 5.20.